The van der Waals surface area contributed by atoms with E-state index in [4.69, 9.17) is 9.84 Å². The highest BCUT2D eigenvalue weighted by molar-refractivity contribution is 5.67. The maximum Gasteiger partial charge on any atom is 0.304 e. The molecule has 1 atom stereocenters. The van der Waals surface area contributed by atoms with E-state index >= 15 is 0 Å². The molecule has 21 heavy (non-hydrogen) atoms. The molecule has 1 aliphatic carbocycles. The van der Waals surface area contributed by atoms with Crippen LogP contribution in [0.1, 0.15) is 44.1 Å². The lowest BCUT2D eigenvalue weighted by atomic mass is 9.93. The van der Waals surface area contributed by atoms with Crippen molar-refractivity contribution in [1.29, 1.82) is 0 Å². The predicted molar refractivity (Wildman–Crippen MR) is 82.7 cm³/mol. The van der Waals surface area contributed by atoms with Crippen LogP contribution in [-0.4, -0.2) is 30.3 Å². The van der Waals surface area contributed by atoms with Crippen LogP contribution in [-0.2, 0) is 11.2 Å². The quantitative estimate of drug-likeness (QED) is 0.811. The third-order valence-electron chi connectivity index (χ3n) is 4.14. The van der Waals surface area contributed by atoms with Crippen LogP contribution in [0.25, 0.3) is 0 Å². The highest BCUT2D eigenvalue weighted by Gasteiger charge is 2.20. The Morgan fingerprint density at radius 1 is 1.29 bits per heavy atom. The lowest BCUT2D eigenvalue weighted by molar-refractivity contribution is -0.137. The second kappa shape index (κ2) is 8.03. The lowest BCUT2D eigenvalue weighted by Crippen LogP contribution is -2.41. The van der Waals surface area contributed by atoms with Gasteiger partial charge in [-0.1, -0.05) is 31.4 Å². The molecule has 1 saturated carbocycles. The van der Waals surface area contributed by atoms with Crippen LogP contribution in [0, 0.1) is 0 Å². The second-order valence-corrected chi connectivity index (χ2v) is 5.85. The van der Waals surface area contributed by atoms with Crippen molar-refractivity contribution in [2.45, 2.75) is 57.0 Å². The van der Waals surface area contributed by atoms with E-state index in [1.165, 1.54) is 32.1 Å². The normalized spacial score (nSPS) is 17.4. The molecule has 1 aliphatic rings. The zero-order valence-corrected chi connectivity index (χ0v) is 12.7. The van der Waals surface area contributed by atoms with Crippen LogP contribution in [0.2, 0.25) is 0 Å². The summed E-state index contributed by atoms with van der Waals surface area (Å²) in [5.74, 6) is 0.0885. The largest absolute Gasteiger partial charge is 0.497 e. The van der Waals surface area contributed by atoms with Crippen molar-refractivity contribution in [2.24, 2.45) is 0 Å². The van der Waals surface area contributed by atoms with Crippen molar-refractivity contribution in [3.63, 3.8) is 0 Å². The molecule has 1 unspecified atom stereocenters. The van der Waals surface area contributed by atoms with Crippen LogP contribution in [0.5, 0.6) is 5.75 Å². The Labute approximate surface area is 126 Å². The SMILES string of the molecule is COc1ccc(CC(CC(=O)O)NC2CCCCC2)cc1. The summed E-state index contributed by atoms with van der Waals surface area (Å²) in [7, 11) is 1.65. The molecule has 0 heterocycles. The number of nitrogens with one attached hydrogen (secondary N) is 1. The summed E-state index contributed by atoms with van der Waals surface area (Å²) >= 11 is 0. The molecule has 0 aromatic heterocycles. The Morgan fingerprint density at radius 3 is 2.52 bits per heavy atom. The molecular weight excluding hydrogens is 266 g/mol. The smallest absolute Gasteiger partial charge is 0.304 e. The first-order chi connectivity index (χ1) is 10.2. The number of carbonyl (C=O) groups is 1. The van der Waals surface area contributed by atoms with Crippen molar-refractivity contribution in [1.82, 2.24) is 5.32 Å². The lowest BCUT2D eigenvalue weighted by Gasteiger charge is -2.28. The number of aliphatic carboxylic acids is 1. The van der Waals surface area contributed by atoms with Gasteiger partial charge in [-0.25, -0.2) is 0 Å². The Balaban J connectivity index is 1.95. The summed E-state index contributed by atoms with van der Waals surface area (Å²) in [5, 5.41) is 12.7. The summed E-state index contributed by atoms with van der Waals surface area (Å²) in [6.45, 7) is 0. The summed E-state index contributed by atoms with van der Waals surface area (Å²) in [6, 6.07) is 8.34. The third-order valence-corrected chi connectivity index (χ3v) is 4.14. The molecule has 0 aliphatic heterocycles. The van der Waals surface area contributed by atoms with Crippen LogP contribution in [0.15, 0.2) is 24.3 Å². The Hall–Kier alpha value is -1.55. The molecule has 116 valence electrons. The summed E-state index contributed by atoms with van der Waals surface area (Å²) < 4.78 is 5.15. The van der Waals surface area contributed by atoms with Crippen LogP contribution in [0.4, 0.5) is 0 Å². The fraction of sp³-hybridized carbons (Fsp3) is 0.588. The van der Waals surface area contributed by atoms with Gasteiger partial charge in [0.1, 0.15) is 5.75 Å². The second-order valence-electron chi connectivity index (χ2n) is 5.85. The molecule has 1 aromatic rings. The third kappa shape index (κ3) is 5.38. The number of hydrogen-bond donors (Lipinski definition) is 2. The maximum absolute atomic E-state index is 11.1. The molecule has 2 rings (SSSR count). The predicted octanol–water partition coefficient (Wildman–Crippen LogP) is 3.00. The molecule has 4 nitrogen and oxygen atoms in total. The van der Waals surface area contributed by atoms with Crippen molar-refractivity contribution >= 4 is 5.97 Å². The van der Waals surface area contributed by atoms with E-state index in [2.05, 4.69) is 5.32 Å². The Bertz CT molecular complexity index is 438. The molecule has 4 heteroatoms. The molecule has 1 fully saturated rings. The number of carboxylic acids is 1. The van der Waals surface area contributed by atoms with Crippen molar-refractivity contribution < 1.29 is 14.6 Å². The first-order valence-corrected chi connectivity index (χ1v) is 7.78. The van der Waals surface area contributed by atoms with E-state index in [9.17, 15) is 4.79 Å². The topological polar surface area (TPSA) is 58.6 Å². The van der Waals surface area contributed by atoms with Crippen molar-refractivity contribution in [3.8, 4) is 5.75 Å². The van der Waals surface area contributed by atoms with E-state index in [0.717, 1.165) is 17.7 Å². The Kier molecular flexibility index (Phi) is 6.05. The molecule has 0 saturated heterocycles. The minimum Gasteiger partial charge on any atom is -0.497 e. The van der Waals surface area contributed by atoms with Crippen LogP contribution in [0.3, 0.4) is 0 Å². The van der Waals surface area contributed by atoms with E-state index < -0.39 is 5.97 Å². The van der Waals surface area contributed by atoms with Gasteiger partial charge in [0.05, 0.1) is 13.5 Å². The van der Waals surface area contributed by atoms with E-state index in [1.807, 2.05) is 24.3 Å². The zero-order chi connectivity index (χ0) is 15.1. The van der Waals surface area contributed by atoms with Gasteiger partial charge in [-0.15, -0.1) is 0 Å². The van der Waals surface area contributed by atoms with Crippen LogP contribution >= 0.6 is 0 Å². The van der Waals surface area contributed by atoms with Crippen LogP contribution < -0.4 is 10.1 Å². The molecule has 0 bridgehead atoms. The number of hydrogen-bond acceptors (Lipinski definition) is 3. The molecule has 0 spiro atoms. The fourth-order valence-corrected chi connectivity index (χ4v) is 3.05. The summed E-state index contributed by atoms with van der Waals surface area (Å²) in [5.41, 5.74) is 1.14. The number of ether oxygens (including phenoxy) is 1. The molecule has 0 amide bonds. The van der Waals surface area contributed by atoms with Gasteiger partial charge >= 0.3 is 5.97 Å². The minimum absolute atomic E-state index is 0.000931. The van der Waals surface area contributed by atoms with Gasteiger partial charge < -0.3 is 15.2 Å². The minimum atomic E-state index is -0.739. The monoisotopic (exact) mass is 291 g/mol. The number of carboxylic acid groups (broad SMARTS) is 1. The van der Waals surface area contributed by atoms with E-state index in [-0.39, 0.29) is 12.5 Å². The zero-order valence-electron chi connectivity index (χ0n) is 12.7. The van der Waals surface area contributed by atoms with Gasteiger partial charge in [-0.05, 0) is 37.0 Å². The molecular formula is C17H25NO3. The number of methoxy groups -OCH3 is 1. The first-order valence-electron chi connectivity index (χ1n) is 7.78. The average Bonchev–Trinajstić information content (AvgIpc) is 2.48. The Morgan fingerprint density at radius 2 is 1.95 bits per heavy atom. The van der Waals surface area contributed by atoms with Gasteiger partial charge in [0.2, 0.25) is 0 Å². The van der Waals surface area contributed by atoms with Gasteiger partial charge in [-0.3, -0.25) is 4.79 Å². The molecule has 2 N–H and O–H groups in total. The van der Waals surface area contributed by atoms with Crippen molar-refractivity contribution in [2.75, 3.05) is 7.11 Å². The number of rotatable bonds is 7. The molecule has 0 radical (unpaired) electrons. The van der Waals surface area contributed by atoms with E-state index in [0.29, 0.717) is 6.04 Å². The van der Waals surface area contributed by atoms with E-state index in [1.54, 1.807) is 7.11 Å². The highest BCUT2D eigenvalue weighted by Crippen LogP contribution is 2.20. The first kappa shape index (κ1) is 15.8. The number of benzene rings is 1. The maximum atomic E-state index is 11.1. The fourth-order valence-electron chi connectivity index (χ4n) is 3.05. The molecule has 1 aromatic carbocycles. The highest BCUT2D eigenvalue weighted by atomic mass is 16.5. The summed E-state index contributed by atoms with van der Waals surface area (Å²) in [4.78, 5) is 11.1. The van der Waals surface area contributed by atoms with Gasteiger partial charge in [0.25, 0.3) is 0 Å². The van der Waals surface area contributed by atoms with Gasteiger partial charge in [0.15, 0.2) is 0 Å². The summed E-state index contributed by atoms with van der Waals surface area (Å²) in [6.07, 6.45) is 7.05. The van der Waals surface area contributed by atoms with Gasteiger partial charge in [0, 0.05) is 12.1 Å². The van der Waals surface area contributed by atoms with Crippen molar-refractivity contribution in [3.05, 3.63) is 29.8 Å². The standard InChI is InChI=1S/C17H25NO3/c1-21-16-9-7-13(8-10-16)11-15(12-17(19)20)18-14-5-3-2-4-6-14/h7-10,14-15,18H,2-6,11-12H2,1H3,(H,19,20). The average molecular weight is 291 g/mol. The van der Waals surface area contributed by atoms with Gasteiger partial charge in [-0.2, -0.15) is 0 Å².